The van der Waals surface area contributed by atoms with Crippen molar-refractivity contribution in [3.63, 3.8) is 0 Å². The molecule has 0 heterocycles. The summed E-state index contributed by atoms with van der Waals surface area (Å²) in [6.07, 6.45) is 0. The summed E-state index contributed by atoms with van der Waals surface area (Å²) in [5, 5.41) is 3.02. The van der Waals surface area contributed by atoms with Gasteiger partial charge in [-0.2, -0.15) is 0 Å². The van der Waals surface area contributed by atoms with Gasteiger partial charge in [0.15, 0.2) is 0 Å². The monoisotopic (exact) mass is 202 g/mol. The molecule has 0 unspecified atom stereocenters. The van der Waals surface area contributed by atoms with Gasteiger partial charge in [0.1, 0.15) is 0 Å². The summed E-state index contributed by atoms with van der Waals surface area (Å²) in [6, 6.07) is 0. The van der Waals surface area contributed by atoms with E-state index in [1.54, 1.807) is 4.90 Å². The lowest BCUT2D eigenvalue weighted by atomic mass is 10.4. The Hall–Kier alpha value is -0.610. The zero-order valence-electron chi connectivity index (χ0n) is 9.51. The molecule has 0 aliphatic rings. The fraction of sp³-hybridized carbons (Fsp3) is 0.900. The third-order valence-electron chi connectivity index (χ3n) is 1.97. The summed E-state index contributed by atoms with van der Waals surface area (Å²) >= 11 is 0. The first-order valence-electron chi connectivity index (χ1n) is 5.32. The number of likely N-dealkylation sites (N-methyl/N-ethyl adjacent to an activating group) is 2. The standard InChI is InChI=1S/C10H22N2O2/c1-4-11-9-10(13)12(5-2)7-8-14-6-3/h11H,4-9H2,1-3H3. The van der Waals surface area contributed by atoms with Gasteiger partial charge >= 0.3 is 0 Å². The zero-order valence-corrected chi connectivity index (χ0v) is 9.51. The van der Waals surface area contributed by atoms with Gasteiger partial charge in [0.2, 0.25) is 5.91 Å². The summed E-state index contributed by atoms with van der Waals surface area (Å²) in [7, 11) is 0. The second-order valence-electron chi connectivity index (χ2n) is 2.95. The Balaban J connectivity index is 3.69. The first-order valence-corrected chi connectivity index (χ1v) is 5.32. The van der Waals surface area contributed by atoms with E-state index in [2.05, 4.69) is 5.32 Å². The molecular weight excluding hydrogens is 180 g/mol. The molecular formula is C10H22N2O2. The summed E-state index contributed by atoms with van der Waals surface area (Å²) in [4.78, 5) is 13.3. The second kappa shape index (κ2) is 8.97. The maximum Gasteiger partial charge on any atom is 0.236 e. The molecule has 0 aromatic rings. The fourth-order valence-corrected chi connectivity index (χ4v) is 1.12. The van der Waals surface area contributed by atoms with E-state index >= 15 is 0 Å². The third-order valence-corrected chi connectivity index (χ3v) is 1.97. The quantitative estimate of drug-likeness (QED) is 0.582. The van der Waals surface area contributed by atoms with E-state index in [9.17, 15) is 4.79 Å². The molecule has 0 rings (SSSR count). The van der Waals surface area contributed by atoms with Gasteiger partial charge < -0.3 is 15.0 Å². The average molecular weight is 202 g/mol. The van der Waals surface area contributed by atoms with Crippen LogP contribution in [0.1, 0.15) is 20.8 Å². The summed E-state index contributed by atoms with van der Waals surface area (Å²) < 4.78 is 5.21. The highest BCUT2D eigenvalue weighted by Gasteiger charge is 2.09. The van der Waals surface area contributed by atoms with Gasteiger partial charge in [0, 0.05) is 19.7 Å². The van der Waals surface area contributed by atoms with Crippen LogP contribution < -0.4 is 5.32 Å². The molecule has 0 atom stereocenters. The van der Waals surface area contributed by atoms with E-state index in [0.29, 0.717) is 26.3 Å². The molecule has 0 aliphatic heterocycles. The number of nitrogens with zero attached hydrogens (tertiary/aromatic N) is 1. The van der Waals surface area contributed by atoms with Crippen LogP contribution in [0, 0.1) is 0 Å². The molecule has 1 N–H and O–H groups in total. The van der Waals surface area contributed by atoms with Crippen molar-refractivity contribution in [3.05, 3.63) is 0 Å². The van der Waals surface area contributed by atoms with Crippen LogP contribution in [0.15, 0.2) is 0 Å². The van der Waals surface area contributed by atoms with Crippen molar-refractivity contribution in [2.45, 2.75) is 20.8 Å². The lowest BCUT2D eigenvalue weighted by molar-refractivity contribution is -0.130. The van der Waals surface area contributed by atoms with Crippen LogP contribution in [0.2, 0.25) is 0 Å². The van der Waals surface area contributed by atoms with Crippen molar-refractivity contribution in [1.82, 2.24) is 10.2 Å². The Morgan fingerprint density at radius 1 is 1.36 bits per heavy atom. The Morgan fingerprint density at radius 2 is 2.07 bits per heavy atom. The van der Waals surface area contributed by atoms with Crippen molar-refractivity contribution in [2.24, 2.45) is 0 Å². The van der Waals surface area contributed by atoms with Crippen LogP contribution in [0.25, 0.3) is 0 Å². The molecule has 4 nitrogen and oxygen atoms in total. The Kier molecular flexibility index (Phi) is 8.57. The Labute approximate surface area is 86.6 Å². The van der Waals surface area contributed by atoms with Crippen molar-refractivity contribution in [1.29, 1.82) is 0 Å². The molecule has 14 heavy (non-hydrogen) atoms. The lowest BCUT2D eigenvalue weighted by Gasteiger charge is -2.20. The molecule has 1 amide bonds. The maximum absolute atomic E-state index is 11.5. The summed E-state index contributed by atoms with van der Waals surface area (Å²) in [5.41, 5.74) is 0. The number of rotatable bonds is 8. The Morgan fingerprint density at radius 3 is 2.57 bits per heavy atom. The number of hydrogen-bond acceptors (Lipinski definition) is 3. The van der Waals surface area contributed by atoms with Crippen LogP contribution in [-0.4, -0.2) is 50.2 Å². The third kappa shape index (κ3) is 5.94. The van der Waals surface area contributed by atoms with Crippen molar-refractivity contribution in [2.75, 3.05) is 39.4 Å². The summed E-state index contributed by atoms with van der Waals surface area (Å²) in [5.74, 6) is 0.147. The predicted octanol–water partition coefficient (Wildman–Crippen LogP) is 0.481. The molecule has 0 saturated carbocycles. The number of amides is 1. The van der Waals surface area contributed by atoms with Crippen LogP contribution in [-0.2, 0) is 9.53 Å². The van der Waals surface area contributed by atoms with Gasteiger partial charge in [-0.1, -0.05) is 6.92 Å². The van der Waals surface area contributed by atoms with Crippen molar-refractivity contribution < 1.29 is 9.53 Å². The number of nitrogens with one attached hydrogen (secondary N) is 1. The van der Waals surface area contributed by atoms with Crippen LogP contribution in [0.4, 0.5) is 0 Å². The minimum atomic E-state index is 0.147. The first kappa shape index (κ1) is 13.4. The fourth-order valence-electron chi connectivity index (χ4n) is 1.12. The lowest BCUT2D eigenvalue weighted by Crippen LogP contribution is -2.39. The van der Waals surface area contributed by atoms with E-state index in [4.69, 9.17) is 4.74 Å². The molecule has 0 aliphatic carbocycles. The number of ether oxygens (including phenoxy) is 1. The van der Waals surface area contributed by atoms with Gasteiger partial charge in [-0.3, -0.25) is 4.79 Å². The van der Waals surface area contributed by atoms with E-state index in [0.717, 1.165) is 13.1 Å². The van der Waals surface area contributed by atoms with E-state index in [-0.39, 0.29) is 5.91 Å². The minimum Gasteiger partial charge on any atom is -0.380 e. The molecule has 0 saturated heterocycles. The van der Waals surface area contributed by atoms with Gasteiger partial charge in [-0.25, -0.2) is 0 Å². The minimum absolute atomic E-state index is 0.147. The highest BCUT2D eigenvalue weighted by Crippen LogP contribution is 1.89. The molecule has 0 spiro atoms. The van der Waals surface area contributed by atoms with Crippen LogP contribution in [0.5, 0.6) is 0 Å². The molecule has 84 valence electrons. The first-order chi connectivity index (χ1) is 6.76. The number of carbonyl (C=O) groups is 1. The predicted molar refractivity (Wildman–Crippen MR) is 57.3 cm³/mol. The van der Waals surface area contributed by atoms with E-state index < -0.39 is 0 Å². The van der Waals surface area contributed by atoms with Gasteiger partial charge in [0.25, 0.3) is 0 Å². The highest BCUT2D eigenvalue weighted by molar-refractivity contribution is 5.78. The van der Waals surface area contributed by atoms with Crippen molar-refractivity contribution in [3.8, 4) is 0 Å². The number of hydrogen-bond donors (Lipinski definition) is 1. The molecule has 0 aromatic heterocycles. The van der Waals surface area contributed by atoms with E-state index in [1.165, 1.54) is 0 Å². The number of carbonyl (C=O) groups excluding carboxylic acids is 1. The van der Waals surface area contributed by atoms with Crippen LogP contribution in [0.3, 0.4) is 0 Å². The van der Waals surface area contributed by atoms with Gasteiger partial charge in [-0.05, 0) is 20.4 Å². The van der Waals surface area contributed by atoms with Gasteiger partial charge in [-0.15, -0.1) is 0 Å². The van der Waals surface area contributed by atoms with E-state index in [1.807, 2.05) is 20.8 Å². The largest absolute Gasteiger partial charge is 0.380 e. The SMILES string of the molecule is CCNCC(=O)N(CC)CCOCC. The van der Waals surface area contributed by atoms with Crippen molar-refractivity contribution >= 4 is 5.91 Å². The summed E-state index contributed by atoms with van der Waals surface area (Å²) in [6.45, 7) is 9.95. The zero-order chi connectivity index (χ0) is 10.8. The van der Waals surface area contributed by atoms with Gasteiger partial charge in [0.05, 0.1) is 13.2 Å². The highest BCUT2D eigenvalue weighted by atomic mass is 16.5. The average Bonchev–Trinajstić information content (AvgIpc) is 2.21. The normalized spacial score (nSPS) is 10.2. The van der Waals surface area contributed by atoms with Crippen LogP contribution >= 0.6 is 0 Å². The smallest absolute Gasteiger partial charge is 0.236 e. The second-order valence-corrected chi connectivity index (χ2v) is 2.95. The maximum atomic E-state index is 11.5. The molecule has 0 bridgehead atoms. The molecule has 0 fully saturated rings. The Bertz CT molecular complexity index is 151. The molecule has 4 heteroatoms. The molecule has 0 radical (unpaired) electrons. The topological polar surface area (TPSA) is 41.6 Å². The molecule has 0 aromatic carbocycles.